The van der Waals surface area contributed by atoms with Gasteiger partial charge in [0.05, 0.1) is 11.0 Å². The van der Waals surface area contributed by atoms with Gasteiger partial charge in [-0.1, -0.05) is 103 Å². The van der Waals surface area contributed by atoms with Gasteiger partial charge in [-0.15, -0.1) is 0 Å². The number of hydrogen-bond donors (Lipinski definition) is 0. The molecule has 0 aliphatic rings. The fourth-order valence-corrected chi connectivity index (χ4v) is 7.20. The van der Waals surface area contributed by atoms with E-state index in [0.29, 0.717) is 5.95 Å². The summed E-state index contributed by atoms with van der Waals surface area (Å²) in [5.41, 5.74) is 10.6. The van der Waals surface area contributed by atoms with Gasteiger partial charge in [-0.05, 0) is 87.1 Å². The minimum Gasteiger partial charge on any atom is -0.456 e. The van der Waals surface area contributed by atoms with Gasteiger partial charge in [0, 0.05) is 39.5 Å². The van der Waals surface area contributed by atoms with Gasteiger partial charge >= 0.3 is 0 Å². The molecule has 0 bridgehead atoms. The molecule has 224 valence electrons. The Balaban J connectivity index is 1.14. The fourth-order valence-electron chi connectivity index (χ4n) is 7.20. The second-order valence-electron chi connectivity index (χ2n) is 12.3. The van der Waals surface area contributed by atoms with Crippen LogP contribution in [0.4, 0.5) is 0 Å². The maximum atomic E-state index is 6.22. The Bertz CT molecular complexity index is 2760. The molecule has 0 aliphatic heterocycles. The molecule has 0 unspecified atom stereocenters. The molecule has 0 saturated heterocycles. The van der Waals surface area contributed by atoms with Crippen molar-refractivity contribution in [2.45, 2.75) is 0 Å². The largest absolute Gasteiger partial charge is 0.456 e. The monoisotopic (exact) mass is 613 g/mol. The van der Waals surface area contributed by atoms with Crippen LogP contribution in [-0.2, 0) is 0 Å². The van der Waals surface area contributed by atoms with E-state index in [2.05, 4.69) is 144 Å². The van der Waals surface area contributed by atoms with Gasteiger partial charge in [-0.3, -0.25) is 4.57 Å². The molecular formula is C44H27N3O. The molecule has 3 aromatic heterocycles. The predicted octanol–water partition coefficient (Wildman–Crippen LogP) is 11.6. The molecule has 10 aromatic rings. The SMILES string of the molecule is c1ccc(-c2cc(-c3ccccc3)cc(-c3cnc(-n4c5ccccc5c5cc6c(ccc7oc8ccccc8c76)cc54)nc3)c2)cc1. The van der Waals surface area contributed by atoms with E-state index in [0.717, 1.165) is 71.4 Å². The van der Waals surface area contributed by atoms with Crippen molar-refractivity contribution >= 4 is 54.5 Å². The first-order valence-electron chi connectivity index (χ1n) is 16.1. The third-order valence-electron chi connectivity index (χ3n) is 9.47. The molecule has 3 heterocycles. The summed E-state index contributed by atoms with van der Waals surface area (Å²) >= 11 is 0. The molecule has 4 nitrogen and oxygen atoms in total. The molecular weight excluding hydrogens is 587 g/mol. The second kappa shape index (κ2) is 10.5. The van der Waals surface area contributed by atoms with Gasteiger partial charge in [0.25, 0.3) is 0 Å². The van der Waals surface area contributed by atoms with Crippen LogP contribution in [0.3, 0.4) is 0 Å². The van der Waals surface area contributed by atoms with Crippen LogP contribution in [0, 0.1) is 0 Å². The molecule has 0 amide bonds. The second-order valence-corrected chi connectivity index (χ2v) is 12.3. The lowest BCUT2D eigenvalue weighted by molar-refractivity contribution is 0.669. The number of hydrogen-bond acceptors (Lipinski definition) is 3. The molecule has 0 fully saturated rings. The van der Waals surface area contributed by atoms with Crippen molar-refractivity contribution in [3.63, 3.8) is 0 Å². The number of benzene rings is 7. The summed E-state index contributed by atoms with van der Waals surface area (Å²) in [6.07, 6.45) is 3.90. The van der Waals surface area contributed by atoms with Gasteiger partial charge in [0.1, 0.15) is 11.2 Å². The molecule has 48 heavy (non-hydrogen) atoms. The van der Waals surface area contributed by atoms with Crippen molar-refractivity contribution in [2.24, 2.45) is 0 Å². The van der Waals surface area contributed by atoms with E-state index in [4.69, 9.17) is 14.4 Å². The highest BCUT2D eigenvalue weighted by Crippen LogP contribution is 2.40. The first-order valence-corrected chi connectivity index (χ1v) is 16.1. The lowest BCUT2D eigenvalue weighted by Crippen LogP contribution is -2.00. The molecule has 0 N–H and O–H groups in total. The van der Waals surface area contributed by atoms with E-state index in [1.165, 1.54) is 16.5 Å². The molecule has 10 rings (SSSR count). The van der Waals surface area contributed by atoms with Crippen molar-refractivity contribution in [2.75, 3.05) is 0 Å². The molecule has 0 spiro atoms. The van der Waals surface area contributed by atoms with Crippen LogP contribution in [0.5, 0.6) is 0 Å². The zero-order chi connectivity index (χ0) is 31.6. The van der Waals surface area contributed by atoms with E-state index in [9.17, 15) is 0 Å². The van der Waals surface area contributed by atoms with Gasteiger partial charge < -0.3 is 4.42 Å². The average molecular weight is 614 g/mol. The summed E-state index contributed by atoms with van der Waals surface area (Å²) in [5, 5.41) is 6.92. The first kappa shape index (κ1) is 26.7. The Kier molecular flexibility index (Phi) is 5.84. The van der Waals surface area contributed by atoms with E-state index in [-0.39, 0.29) is 0 Å². The summed E-state index contributed by atoms with van der Waals surface area (Å²) in [4.78, 5) is 10.0. The standard InChI is InChI=1S/C44H27N3O/c1-3-11-28(12-4-1)31-21-32(29-13-5-2-6-14-29)23-33(22-31)34-26-45-44(46-27-34)47-39-17-9-7-15-35(39)38-25-37-30(24-40(38)47)19-20-42-43(37)36-16-8-10-18-41(36)48-42/h1-27H. The van der Waals surface area contributed by atoms with E-state index >= 15 is 0 Å². The van der Waals surface area contributed by atoms with Crippen LogP contribution >= 0.6 is 0 Å². The minimum atomic E-state index is 0.640. The van der Waals surface area contributed by atoms with Crippen LogP contribution in [-0.4, -0.2) is 14.5 Å². The van der Waals surface area contributed by atoms with Crippen molar-refractivity contribution in [1.29, 1.82) is 0 Å². The lowest BCUT2D eigenvalue weighted by atomic mass is 9.94. The smallest absolute Gasteiger partial charge is 0.234 e. The highest BCUT2D eigenvalue weighted by Gasteiger charge is 2.18. The Morgan fingerprint density at radius 2 is 1.00 bits per heavy atom. The molecule has 0 aliphatic carbocycles. The molecule has 4 heteroatoms. The van der Waals surface area contributed by atoms with Crippen LogP contribution < -0.4 is 0 Å². The average Bonchev–Trinajstić information content (AvgIpc) is 3.70. The number of para-hydroxylation sites is 2. The third-order valence-corrected chi connectivity index (χ3v) is 9.47. The number of rotatable bonds is 4. The highest BCUT2D eigenvalue weighted by atomic mass is 16.3. The van der Waals surface area contributed by atoms with Crippen LogP contribution in [0.2, 0.25) is 0 Å². The van der Waals surface area contributed by atoms with Crippen LogP contribution in [0.15, 0.2) is 168 Å². The third kappa shape index (κ3) is 4.16. The predicted molar refractivity (Wildman–Crippen MR) is 197 cm³/mol. The quantitative estimate of drug-likeness (QED) is 0.198. The Morgan fingerprint density at radius 3 is 1.71 bits per heavy atom. The topological polar surface area (TPSA) is 43.9 Å². The van der Waals surface area contributed by atoms with Crippen molar-refractivity contribution in [3.8, 4) is 39.3 Å². The highest BCUT2D eigenvalue weighted by molar-refractivity contribution is 6.23. The number of aromatic nitrogens is 3. The van der Waals surface area contributed by atoms with E-state index in [1.807, 2.05) is 24.5 Å². The Labute approximate surface area is 276 Å². The number of fused-ring (bicyclic) bond motifs is 8. The van der Waals surface area contributed by atoms with Gasteiger partial charge in [0.2, 0.25) is 5.95 Å². The number of furan rings is 1. The van der Waals surface area contributed by atoms with Crippen LogP contribution in [0.1, 0.15) is 0 Å². The maximum absolute atomic E-state index is 6.22. The zero-order valence-corrected chi connectivity index (χ0v) is 25.8. The summed E-state index contributed by atoms with van der Waals surface area (Å²) in [5.74, 6) is 0.640. The summed E-state index contributed by atoms with van der Waals surface area (Å²) in [6.45, 7) is 0. The van der Waals surface area contributed by atoms with Crippen molar-refractivity contribution in [3.05, 3.63) is 164 Å². The maximum Gasteiger partial charge on any atom is 0.234 e. The minimum absolute atomic E-state index is 0.640. The summed E-state index contributed by atoms with van der Waals surface area (Å²) in [7, 11) is 0. The lowest BCUT2D eigenvalue weighted by Gasteiger charge is -2.12. The van der Waals surface area contributed by atoms with Crippen LogP contribution in [0.25, 0.3) is 93.8 Å². The van der Waals surface area contributed by atoms with E-state index in [1.54, 1.807) is 0 Å². The van der Waals surface area contributed by atoms with E-state index < -0.39 is 0 Å². The molecule has 0 radical (unpaired) electrons. The van der Waals surface area contributed by atoms with Crippen molar-refractivity contribution < 1.29 is 4.42 Å². The zero-order valence-electron chi connectivity index (χ0n) is 25.8. The summed E-state index contributed by atoms with van der Waals surface area (Å²) < 4.78 is 8.40. The summed E-state index contributed by atoms with van der Waals surface area (Å²) in [6, 6.07) is 53.3. The molecule has 0 saturated carbocycles. The number of nitrogens with zero attached hydrogens (tertiary/aromatic N) is 3. The van der Waals surface area contributed by atoms with Gasteiger partial charge in [-0.2, -0.15) is 0 Å². The normalized spacial score (nSPS) is 11.8. The van der Waals surface area contributed by atoms with Gasteiger partial charge in [-0.25, -0.2) is 9.97 Å². The Hall–Kier alpha value is -6.52. The fraction of sp³-hybridized carbons (Fsp3) is 0. The molecule has 7 aromatic carbocycles. The Morgan fingerprint density at radius 1 is 0.396 bits per heavy atom. The molecule has 0 atom stereocenters. The van der Waals surface area contributed by atoms with Gasteiger partial charge in [0.15, 0.2) is 0 Å². The first-order chi connectivity index (χ1) is 23.8. The van der Waals surface area contributed by atoms with Crippen molar-refractivity contribution in [1.82, 2.24) is 14.5 Å².